The molecule has 0 amide bonds. The number of hydrazine groups is 1. The van der Waals surface area contributed by atoms with Crippen molar-refractivity contribution in [2.24, 2.45) is 0 Å². The Morgan fingerprint density at radius 2 is 1.92 bits per heavy atom. The van der Waals surface area contributed by atoms with E-state index >= 15 is 0 Å². The van der Waals surface area contributed by atoms with Crippen LogP contribution in [-0.2, 0) is 0 Å². The van der Waals surface area contributed by atoms with Crippen molar-refractivity contribution in [3.63, 3.8) is 0 Å². The van der Waals surface area contributed by atoms with Crippen LogP contribution in [0.4, 0.5) is 10.2 Å². The Kier molecular flexibility index (Phi) is 4.13. The van der Waals surface area contributed by atoms with Crippen LogP contribution < -0.4 is 10.3 Å². The fourth-order valence-electron chi connectivity index (χ4n) is 2.95. The van der Waals surface area contributed by atoms with Crippen LogP contribution in [-0.4, -0.2) is 48.2 Å². The standard InChI is InChI=1S/C17H18FN5S/c1-22-6-8-23(9-7-22)21-16-15-14(10-24-17(15)20-11-19-16)12-2-4-13(18)5-3-12/h2-5,10-11H,6-9H2,1H3,(H,19,20,21)/p+1. The lowest BCUT2D eigenvalue weighted by molar-refractivity contribution is -0.884. The summed E-state index contributed by atoms with van der Waals surface area (Å²) >= 11 is 1.58. The van der Waals surface area contributed by atoms with E-state index in [0.29, 0.717) is 0 Å². The van der Waals surface area contributed by atoms with Crippen molar-refractivity contribution in [2.75, 3.05) is 38.7 Å². The zero-order chi connectivity index (χ0) is 16.5. The highest BCUT2D eigenvalue weighted by atomic mass is 32.1. The van der Waals surface area contributed by atoms with Gasteiger partial charge in [0.05, 0.1) is 38.6 Å². The monoisotopic (exact) mass is 344 g/mol. The van der Waals surface area contributed by atoms with Crippen molar-refractivity contribution >= 4 is 27.4 Å². The summed E-state index contributed by atoms with van der Waals surface area (Å²) in [4.78, 5) is 11.3. The van der Waals surface area contributed by atoms with E-state index in [1.165, 1.54) is 12.1 Å². The molecular weight excluding hydrogens is 325 g/mol. The summed E-state index contributed by atoms with van der Waals surface area (Å²) in [6.45, 7) is 4.17. The second-order valence-electron chi connectivity index (χ2n) is 6.11. The fraction of sp³-hybridized carbons (Fsp3) is 0.294. The molecule has 2 N–H and O–H groups in total. The van der Waals surface area contributed by atoms with Gasteiger partial charge in [-0.3, -0.25) is 0 Å². The van der Waals surface area contributed by atoms with Gasteiger partial charge in [0.2, 0.25) is 0 Å². The molecule has 24 heavy (non-hydrogen) atoms. The third-order valence-electron chi connectivity index (χ3n) is 4.41. The highest BCUT2D eigenvalue weighted by Crippen LogP contribution is 2.36. The molecule has 1 aliphatic heterocycles. The molecule has 7 heteroatoms. The molecule has 0 aliphatic carbocycles. The Labute approximate surface area is 143 Å². The van der Waals surface area contributed by atoms with Crippen LogP contribution >= 0.6 is 11.3 Å². The summed E-state index contributed by atoms with van der Waals surface area (Å²) < 4.78 is 13.2. The van der Waals surface area contributed by atoms with Crippen molar-refractivity contribution in [1.29, 1.82) is 0 Å². The molecule has 124 valence electrons. The smallest absolute Gasteiger partial charge is 0.153 e. The lowest BCUT2D eigenvalue weighted by Gasteiger charge is -2.30. The second kappa shape index (κ2) is 6.43. The highest BCUT2D eigenvalue weighted by Gasteiger charge is 2.19. The first-order valence-electron chi connectivity index (χ1n) is 8.02. The largest absolute Gasteiger partial charge is 0.335 e. The summed E-state index contributed by atoms with van der Waals surface area (Å²) in [5.41, 5.74) is 5.47. The molecule has 1 aliphatic rings. The number of fused-ring (bicyclic) bond motifs is 1. The number of aromatic nitrogens is 2. The predicted molar refractivity (Wildman–Crippen MR) is 94.6 cm³/mol. The third kappa shape index (κ3) is 2.98. The number of likely N-dealkylation sites (N-methyl/N-ethyl adjacent to an activating group) is 1. The summed E-state index contributed by atoms with van der Waals surface area (Å²) in [6.07, 6.45) is 1.59. The Morgan fingerprint density at radius 3 is 2.67 bits per heavy atom. The number of benzene rings is 1. The minimum absolute atomic E-state index is 0.229. The van der Waals surface area contributed by atoms with E-state index in [-0.39, 0.29) is 5.82 Å². The Bertz CT molecular complexity index is 840. The van der Waals surface area contributed by atoms with Crippen LogP contribution in [0, 0.1) is 5.82 Å². The van der Waals surface area contributed by atoms with E-state index in [1.807, 2.05) is 0 Å². The number of hydrogen-bond acceptors (Lipinski definition) is 5. The van der Waals surface area contributed by atoms with E-state index < -0.39 is 0 Å². The van der Waals surface area contributed by atoms with Gasteiger partial charge in [0, 0.05) is 10.9 Å². The highest BCUT2D eigenvalue weighted by molar-refractivity contribution is 7.17. The number of hydrogen-bond donors (Lipinski definition) is 2. The minimum atomic E-state index is -0.229. The summed E-state index contributed by atoms with van der Waals surface area (Å²) in [5, 5.41) is 5.27. The second-order valence-corrected chi connectivity index (χ2v) is 6.97. The first kappa shape index (κ1) is 15.4. The van der Waals surface area contributed by atoms with Crippen LogP contribution in [0.3, 0.4) is 0 Å². The van der Waals surface area contributed by atoms with Crippen molar-refractivity contribution in [3.8, 4) is 11.1 Å². The molecule has 3 heterocycles. The van der Waals surface area contributed by atoms with Crippen LogP contribution in [0.1, 0.15) is 0 Å². The van der Waals surface area contributed by atoms with Gasteiger partial charge in [0.25, 0.3) is 0 Å². The van der Waals surface area contributed by atoms with Crippen LogP contribution in [0.5, 0.6) is 0 Å². The topological polar surface area (TPSA) is 45.5 Å². The van der Waals surface area contributed by atoms with Gasteiger partial charge in [0.1, 0.15) is 17.0 Å². The number of nitrogens with one attached hydrogen (secondary N) is 2. The zero-order valence-electron chi connectivity index (χ0n) is 13.4. The maximum absolute atomic E-state index is 13.2. The molecule has 0 atom stereocenters. The molecule has 1 aromatic carbocycles. The quantitative estimate of drug-likeness (QED) is 0.759. The number of nitrogens with zero attached hydrogens (tertiary/aromatic N) is 3. The summed E-state index contributed by atoms with van der Waals surface area (Å²) in [7, 11) is 2.21. The first-order chi connectivity index (χ1) is 11.7. The van der Waals surface area contributed by atoms with Gasteiger partial charge < -0.3 is 10.3 Å². The molecule has 0 bridgehead atoms. The number of thiophene rings is 1. The molecule has 0 radical (unpaired) electrons. The Hall–Kier alpha value is -2.09. The number of quaternary nitrogens is 1. The molecule has 2 aromatic heterocycles. The molecule has 1 saturated heterocycles. The molecule has 1 fully saturated rings. The fourth-order valence-corrected chi connectivity index (χ4v) is 3.87. The average Bonchev–Trinajstić information content (AvgIpc) is 3.03. The number of anilines is 1. The Balaban J connectivity index is 1.70. The molecule has 0 spiro atoms. The van der Waals surface area contributed by atoms with Gasteiger partial charge in [-0.1, -0.05) is 12.1 Å². The summed E-state index contributed by atoms with van der Waals surface area (Å²) in [5.74, 6) is 0.591. The van der Waals surface area contributed by atoms with Crippen molar-refractivity contribution in [3.05, 3.63) is 41.8 Å². The lowest BCUT2D eigenvalue weighted by Crippen LogP contribution is -3.12. The predicted octanol–water partition coefficient (Wildman–Crippen LogP) is 1.65. The summed E-state index contributed by atoms with van der Waals surface area (Å²) in [6, 6.07) is 6.57. The van der Waals surface area contributed by atoms with E-state index in [4.69, 9.17) is 0 Å². The normalized spacial score (nSPS) is 16.6. The van der Waals surface area contributed by atoms with E-state index in [0.717, 1.165) is 53.3 Å². The Morgan fingerprint density at radius 1 is 1.17 bits per heavy atom. The van der Waals surface area contributed by atoms with Crippen LogP contribution in [0.15, 0.2) is 36.0 Å². The van der Waals surface area contributed by atoms with E-state index in [2.05, 4.69) is 32.8 Å². The third-order valence-corrected chi connectivity index (χ3v) is 5.29. The van der Waals surface area contributed by atoms with Gasteiger partial charge in [-0.05, 0) is 17.7 Å². The van der Waals surface area contributed by atoms with Crippen molar-refractivity contribution < 1.29 is 9.29 Å². The number of rotatable bonds is 3. The van der Waals surface area contributed by atoms with Gasteiger partial charge in [-0.25, -0.2) is 19.4 Å². The maximum atomic E-state index is 13.2. The van der Waals surface area contributed by atoms with E-state index in [1.54, 1.807) is 34.7 Å². The minimum Gasteiger partial charge on any atom is -0.335 e. The average molecular weight is 344 g/mol. The zero-order valence-corrected chi connectivity index (χ0v) is 14.2. The number of halogens is 1. The van der Waals surface area contributed by atoms with Gasteiger partial charge >= 0.3 is 0 Å². The van der Waals surface area contributed by atoms with E-state index in [9.17, 15) is 4.39 Å². The molecule has 0 unspecified atom stereocenters. The lowest BCUT2D eigenvalue weighted by atomic mass is 10.1. The SMILES string of the molecule is C[NH+]1CCN(Nc2ncnc3scc(-c4ccc(F)cc4)c23)CC1. The molecule has 5 nitrogen and oxygen atoms in total. The van der Waals surface area contributed by atoms with Gasteiger partial charge in [-0.15, -0.1) is 11.3 Å². The van der Waals surface area contributed by atoms with Gasteiger partial charge in [-0.2, -0.15) is 0 Å². The van der Waals surface area contributed by atoms with Crippen molar-refractivity contribution in [1.82, 2.24) is 15.0 Å². The molecule has 4 rings (SSSR count). The van der Waals surface area contributed by atoms with Crippen LogP contribution in [0.2, 0.25) is 0 Å². The van der Waals surface area contributed by atoms with Crippen molar-refractivity contribution in [2.45, 2.75) is 0 Å². The van der Waals surface area contributed by atoms with Gasteiger partial charge in [0.15, 0.2) is 5.82 Å². The molecule has 3 aromatic rings. The molecular formula is C17H19FN5S+. The first-order valence-corrected chi connectivity index (χ1v) is 8.90. The maximum Gasteiger partial charge on any atom is 0.153 e. The number of piperazine rings is 1. The molecule has 0 saturated carbocycles. The van der Waals surface area contributed by atoms with Crippen LogP contribution in [0.25, 0.3) is 21.3 Å².